The Kier molecular flexibility index (Phi) is 3.34. The second kappa shape index (κ2) is 5.17. The van der Waals surface area contributed by atoms with Gasteiger partial charge < -0.3 is 10.5 Å². The summed E-state index contributed by atoms with van der Waals surface area (Å²) in [5, 5.41) is 11.3. The van der Waals surface area contributed by atoms with Gasteiger partial charge in [0.05, 0.1) is 4.92 Å². The van der Waals surface area contributed by atoms with E-state index in [1.807, 2.05) is 0 Å². The molecule has 1 aliphatic rings. The van der Waals surface area contributed by atoms with Crippen LogP contribution in [0.1, 0.15) is 24.6 Å². The fraction of sp³-hybridized carbons (Fsp3) is 0.231. The zero-order chi connectivity index (χ0) is 15.0. The molecule has 0 unspecified atom stereocenters. The summed E-state index contributed by atoms with van der Waals surface area (Å²) in [6, 6.07) is 5.51. The van der Waals surface area contributed by atoms with Crippen molar-refractivity contribution >= 4 is 23.1 Å². The van der Waals surface area contributed by atoms with Gasteiger partial charge in [-0.05, 0) is 18.9 Å². The molecule has 1 aromatic carbocycles. The van der Waals surface area contributed by atoms with Crippen molar-refractivity contribution in [2.45, 2.75) is 18.8 Å². The Hall–Kier alpha value is -2.41. The van der Waals surface area contributed by atoms with Crippen LogP contribution in [0.4, 0.5) is 11.5 Å². The summed E-state index contributed by atoms with van der Waals surface area (Å²) in [6.45, 7) is 0. The molecule has 1 saturated carbocycles. The first kappa shape index (κ1) is 13.6. The van der Waals surface area contributed by atoms with Gasteiger partial charge in [-0.15, -0.1) is 0 Å². The minimum atomic E-state index is -0.544. The molecule has 1 fully saturated rings. The zero-order valence-electron chi connectivity index (χ0n) is 10.8. The van der Waals surface area contributed by atoms with Crippen molar-refractivity contribution in [1.29, 1.82) is 0 Å². The molecule has 7 nitrogen and oxygen atoms in total. The third-order valence-corrected chi connectivity index (χ3v) is 3.25. The lowest BCUT2D eigenvalue weighted by molar-refractivity contribution is -0.385. The lowest BCUT2D eigenvalue weighted by atomic mass is 10.3. The molecule has 1 heterocycles. The molecule has 0 spiro atoms. The van der Waals surface area contributed by atoms with Gasteiger partial charge in [-0.1, -0.05) is 11.6 Å². The van der Waals surface area contributed by atoms with E-state index in [0.717, 1.165) is 12.8 Å². The zero-order valence-corrected chi connectivity index (χ0v) is 11.6. The smallest absolute Gasteiger partial charge is 0.311 e. The maximum atomic E-state index is 11.0. The number of nitrogens with zero attached hydrogens (tertiary/aromatic N) is 3. The number of nitro benzene ring substituents is 1. The molecule has 0 radical (unpaired) electrons. The lowest BCUT2D eigenvalue weighted by Crippen LogP contribution is -2.01. The largest absolute Gasteiger partial charge is 0.432 e. The molecule has 1 aliphatic carbocycles. The SMILES string of the molecule is Nc1cc(Oc2cc(Cl)ccc2[N+](=O)[O-])nc(C2CC2)n1. The number of hydrogen-bond donors (Lipinski definition) is 1. The van der Waals surface area contributed by atoms with Gasteiger partial charge in [-0.25, -0.2) is 4.98 Å². The van der Waals surface area contributed by atoms with E-state index < -0.39 is 4.92 Å². The molecular formula is C13H11ClN4O3. The molecule has 0 amide bonds. The minimum absolute atomic E-state index is 0.0207. The first-order valence-electron chi connectivity index (χ1n) is 6.29. The van der Waals surface area contributed by atoms with Crippen LogP contribution < -0.4 is 10.5 Å². The molecular weight excluding hydrogens is 296 g/mol. The van der Waals surface area contributed by atoms with Crippen LogP contribution in [0.25, 0.3) is 0 Å². The molecule has 2 N–H and O–H groups in total. The highest BCUT2D eigenvalue weighted by molar-refractivity contribution is 6.30. The predicted molar refractivity (Wildman–Crippen MR) is 76.6 cm³/mol. The van der Waals surface area contributed by atoms with E-state index in [1.165, 1.54) is 24.3 Å². The summed E-state index contributed by atoms with van der Waals surface area (Å²) in [4.78, 5) is 18.8. The second-order valence-electron chi connectivity index (χ2n) is 4.73. The third-order valence-electron chi connectivity index (χ3n) is 3.02. The highest BCUT2D eigenvalue weighted by Gasteiger charge is 2.27. The Morgan fingerprint density at radius 1 is 1.33 bits per heavy atom. The van der Waals surface area contributed by atoms with Gasteiger partial charge in [0, 0.05) is 29.1 Å². The molecule has 0 bridgehead atoms. The Labute approximate surface area is 124 Å². The molecule has 8 heteroatoms. The Morgan fingerprint density at radius 2 is 2.10 bits per heavy atom. The van der Waals surface area contributed by atoms with E-state index in [2.05, 4.69) is 9.97 Å². The van der Waals surface area contributed by atoms with Gasteiger partial charge in [-0.3, -0.25) is 10.1 Å². The van der Waals surface area contributed by atoms with Crippen LogP contribution in [-0.2, 0) is 0 Å². The van der Waals surface area contributed by atoms with Crippen LogP contribution in [0.5, 0.6) is 11.6 Å². The number of hydrogen-bond acceptors (Lipinski definition) is 6. The van der Waals surface area contributed by atoms with Crippen LogP contribution in [-0.4, -0.2) is 14.9 Å². The van der Waals surface area contributed by atoms with Gasteiger partial charge in [0.2, 0.25) is 11.6 Å². The van der Waals surface area contributed by atoms with Crippen molar-refractivity contribution in [2.24, 2.45) is 0 Å². The van der Waals surface area contributed by atoms with Gasteiger partial charge >= 0.3 is 5.69 Å². The fourth-order valence-corrected chi connectivity index (χ4v) is 2.03. The van der Waals surface area contributed by atoms with Crippen LogP contribution in [0.3, 0.4) is 0 Å². The topological polar surface area (TPSA) is 104 Å². The maximum absolute atomic E-state index is 11.0. The number of ether oxygens (including phenoxy) is 1. The number of nitro groups is 1. The quantitative estimate of drug-likeness (QED) is 0.686. The third kappa shape index (κ3) is 3.03. The van der Waals surface area contributed by atoms with Gasteiger partial charge in [0.1, 0.15) is 11.6 Å². The van der Waals surface area contributed by atoms with Crippen molar-refractivity contribution in [3.63, 3.8) is 0 Å². The summed E-state index contributed by atoms with van der Waals surface area (Å²) >= 11 is 5.85. The molecule has 0 aliphatic heterocycles. The number of rotatable bonds is 4. The molecule has 21 heavy (non-hydrogen) atoms. The Bertz CT molecular complexity index is 719. The average molecular weight is 307 g/mol. The van der Waals surface area contributed by atoms with Gasteiger partial charge in [-0.2, -0.15) is 4.98 Å². The molecule has 0 saturated heterocycles. The molecule has 108 valence electrons. The van der Waals surface area contributed by atoms with E-state index >= 15 is 0 Å². The Morgan fingerprint density at radius 3 is 2.76 bits per heavy atom. The molecule has 2 aromatic rings. The number of halogens is 1. The van der Waals surface area contributed by atoms with E-state index in [-0.39, 0.29) is 23.1 Å². The standard InChI is InChI=1S/C13H11ClN4O3/c14-8-3-4-9(18(19)20)10(5-8)21-12-6-11(15)16-13(17-12)7-1-2-7/h3-7H,1-2H2,(H2,15,16,17). The highest BCUT2D eigenvalue weighted by atomic mass is 35.5. The van der Waals surface area contributed by atoms with E-state index in [0.29, 0.717) is 16.8 Å². The van der Waals surface area contributed by atoms with Crippen molar-refractivity contribution in [2.75, 3.05) is 5.73 Å². The molecule has 1 aromatic heterocycles. The van der Waals surface area contributed by atoms with Crippen LogP contribution in [0.2, 0.25) is 5.02 Å². The predicted octanol–water partition coefficient (Wildman–Crippen LogP) is 3.29. The van der Waals surface area contributed by atoms with Crippen molar-refractivity contribution in [1.82, 2.24) is 9.97 Å². The summed E-state index contributed by atoms with van der Waals surface area (Å²) in [5.41, 5.74) is 5.53. The van der Waals surface area contributed by atoms with Crippen molar-refractivity contribution < 1.29 is 9.66 Å². The van der Waals surface area contributed by atoms with Crippen LogP contribution in [0, 0.1) is 10.1 Å². The number of nitrogen functional groups attached to an aromatic ring is 1. The normalized spacial score (nSPS) is 14.0. The van der Waals surface area contributed by atoms with Crippen molar-refractivity contribution in [3.05, 3.63) is 45.2 Å². The minimum Gasteiger partial charge on any atom is -0.432 e. The summed E-state index contributed by atoms with van der Waals surface area (Å²) in [7, 11) is 0. The first-order valence-corrected chi connectivity index (χ1v) is 6.67. The Balaban J connectivity index is 1.96. The average Bonchev–Trinajstić information content (AvgIpc) is 3.21. The number of aromatic nitrogens is 2. The molecule has 3 rings (SSSR count). The first-order chi connectivity index (χ1) is 10.0. The van der Waals surface area contributed by atoms with E-state index in [4.69, 9.17) is 22.1 Å². The van der Waals surface area contributed by atoms with Crippen LogP contribution in [0.15, 0.2) is 24.3 Å². The monoisotopic (exact) mass is 306 g/mol. The van der Waals surface area contributed by atoms with Crippen molar-refractivity contribution in [3.8, 4) is 11.6 Å². The lowest BCUT2D eigenvalue weighted by Gasteiger charge is -2.08. The summed E-state index contributed by atoms with van der Waals surface area (Å²) in [6.07, 6.45) is 2.03. The van der Waals surface area contributed by atoms with E-state index in [9.17, 15) is 10.1 Å². The highest BCUT2D eigenvalue weighted by Crippen LogP contribution is 2.40. The van der Waals surface area contributed by atoms with E-state index in [1.54, 1.807) is 0 Å². The summed E-state index contributed by atoms with van der Waals surface area (Å²) < 4.78 is 5.49. The maximum Gasteiger partial charge on any atom is 0.311 e. The second-order valence-corrected chi connectivity index (χ2v) is 5.17. The number of nitrogens with two attached hydrogens (primary N) is 1. The van der Waals surface area contributed by atoms with Gasteiger partial charge in [0.15, 0.2) is 0 Å². The fourth-order valence-electron chi connectivity index (χ4n) is 1.87. The number of anilines is 1. The number of benzene rings is 1. The molecule has 0 atom stereocenters. The van der Waals surface area contributed by atoms with Crippen LogP contribution >= 0.6 is 11.6 Å². The van der Waals surface area contributed by atoms with Gasteiger partial charge in [0.25, 0.3) is 0 Å². The summed E-state index contributed by atoms with van der Waals surface area (Å²) in [5.74, 6) is 1.37.